The van der Waals surface area contributed by atoms with Gasteiger partial charge >= 0.3 is 0 Å². The second kappa shape index (κ2) is 5.37. The van der Waals surface area contributed by atoms with Crippen molar-refractivity contribution in [3.63, 3.8) is 0 Å². The number of halogens is 1. The van der Waals surface area contributed by atoms with E-state index in [2.05, 4.69) is 21.2 Å². The normalized spacial score (nSPS) is 24.0. The molecule has 2 atom stereocenters. The van der Waals surface area contributed by atoms with Crippen molar-refractivity contribution in [2.24, 2.45) is 0 Å². The summed E-state index contributed by atoms with van der Waals surface area (Å²) < 4.78 is 32.2. The highest BCUT2D eigenvalue weighted by Crippen LogP contribution is 2.46. The zero-order valence-corrected chi connectivity index (χ0v) is 14.6. The van der Waals surface area contributed by atoms with Gasteiger partial charge < -0.3 is 4.74 Å². The molecular formula is C16H16BrNO3S. The molecule has 0 spiro atoms. The molecule has 1 aliphatic rings. The second-order valence-corrected chi connectivity index (χ2v) is 8.33. The average Bonchev–Trinajstić information content (AvgIpc) is 3.21. The molecule has 2 aromatic carbocycles. The number of benzene rings is 2. The van der Waals surface area contributed by atoms with Crippen molar-refractivity contribution in [1.29, 1.82) is 0 Å². The molecule has 116 valence electrons. The van der Waals surface area contributed by atoms with Gasteiger partial charge in [-0.3, -0.25) is 5.32 Å². The molecule has 1 aliphatic heterocycles. The summed E-state index contributed by atoms with van der Waals surface area (Å²) in [6.07, 6.45) is 0. The molecule has 2 unspecified atom stereocenters. The third-order valence-electron chi connectivity index (χ3n) is 4.02. The van der Waals surface area contributed by atoms with E-state index in [-0.39, 0.29) is 10.9 Å². The molecule has 4 nitrogen and oxygen atoms in total. The molecule has 2 aromatic rings. The van der Waals surface area contributed by atoms with Crippen molar-refractivity contribution in [1.82, 2.24) is 5.32 Å². The van der Waals surface area contributed by atoms with Crippen LogP contribution in [0.15, 0.2) is 57.9 Å². The summed E-state index contributed by atoms with van der Waals surface area (Å²) in [5, 5.41) is 3.11. The van der Waals surface area contributed by atoms with Gasteiger partial charge in [-0.05, 0) is 48.9 Å². The average molecular weight is 382 g/mol. The Morgan fingerprint density at radius 3 is 2.09 bits per heavy atom. The minimum Gasteiger partial charge on any atom is -0.497 e. The summed E-state index contributed by atoms with van der Waals surface area (Å²) in [6, 6.07) is 13.7. The number of ether oxygens (including phenoxy) is 1. The third kappa shape index (κ3) is 2.26. The van der Waals surface area contributed by atoms with Crippen LogP contribution < -0.4 is 10.1 Å². The first kappa shape index (κ1) is 15.5. The van der Waals surface area contributed by atoms with Gasteiger partial charge in [-0.25, -0.2) is 8.42 Å². The van der Waals surface area contributed by atoms with Crippen LogP contribution in [0.1, 0.15) is 12.5 Å². The molecule has 0 amide bonds. The van der Waals surface area contributed by atoms with Crippen LogP contribution in [0.4, 0.5) is 0 Å². The summed E-state index contributed by atoms with van der Waals surface area (Å²) >= 11 is 3.38. The molecule has 1 saturated heterocycles. The van der Waals surface area contributed by atoms with Gasteiger partial charge in [-0.1, -0.05) is 28.1 Å². The minimum atomic E-state index is -3.55. The zero-order chi connectivity index (χ0) is 16.0. The van der Waals surface area contributed by atoms with Crippen LogP contribution in [-0.2, 0) is 14.7 Å². The Kier molecular flexibility index (Phi) is 3.79. The Morgan fingerprint density at radius 2 is 1.64 bits per heavy atom. The van der Waals surface area contributed by atoms with Crippen molar-refractivity contribution in [3.8, 4) is 5.75 Å². The van der Waals surface area contributed by atoms with Gasteiger partial charge in [-0.15, -0.1) is 0 Å². The highest BCUT2D eigenvalue weighted by atomic mass is 79.9. The van der Waals surface area contributed by atoms with Gasteiger partial charge in [0.1, 0.15) is 5.75 Å². The van der Waals surface area contributed by atoms with Crippen LogP contribution in [0.3, 0.4) is 0 Å². The first-order valence-electron chi connectivity index (χ1n) is 6.84. The Hall–Kier alpha value is -1.37. The maximum Gasteiger partial charge on any atom is 0.203 e. The lowest BCUT2D eigenvalue weighted by atomic mass is 10.1. The SMILES string of the molecule is COc1ccc(S(=O)(=O)C2(c3ccc(Br)cc3)NC2C)cc1. The fourth-order valence-corrected chi connectivity index (χ4v) is 5.09. The molecule has 1 heterocycles. The van der Waals surface area contributed by atoms with E-state index >= 15 is 0 Å². The molecular weight excluding hydrogens is 366 g/mol. The largest absolute Gasteiger partial charge is 0.497 e. The predicted molar refractivity (Wildman–Crippen MR) is 88.6 cm³/mol. The maximum absolute atomic E-state index is 13.1. The van der Waals surface area contributed by atoms with Crippen LogP contribution >= 0.6 is 15.9 Å². The number of methoxy groups -OCH3 is 1. The van der Waals surface area contributed by atoms with Crippen LogP contribution in [0.2, 0.25) is 0 Å². The second-order valence-electron chi connectivity index (χ2n) is 5.29. The number of hydrogen-bond acceptors (Lipinski definition) is 4. The Morgan fingerprint density at radius 1 is 1.09 bits per heavy atom. The summed E-state index contributed by atoms with van der Waals surface area (Å²) in [7, 11) is -2.00. The lowest BCUT2D eigenvalue weighted by molar-refractivity contribution is 0.414. The molecule has 1 N–H and O–H groups in total. The quantitative estimate of drug-likeness (QED) is 0.826. The molecule has 6 heteroatoms. The molecule has 22 heavy (non-hydrogen) atoms. The third-order valence-corrected chi connectivity index (χ3v) is 7.00. The predicted octanol–water partition coefficient (Wildman–Crippen LogP) is 3.08. The molecule has 0 aromatic heterocycles. The zero-order valence-electron chi connectivity index (χ0n) is 12.2. The number of sulfone groups is 1. The molecule has 0 radical (unpaired) electrons. The van der Waals surface area contributed by atoms with Gasteiger partial charge in [0.2, 0.25) is 9.84 Å². The van der Waals surface area contributed by atoms with E-state index in [1.807, 2.05) is 31.2 Å². The van der Waals surface area contributed by atoms with Crippen LogP contribution in [-0.4, -0.2) is 21.6 Å². The van der Waals surface area contributed by atoms with E-state index in [0.29, 0.717) is 5.75 Å². The summed E-state index contributed by atoms with van der Waals surface area (Å²) in [6.45, 7) is 1.88. The molecule has 0 aliphatic carbocycles. The van der Waals surface area contributed by atoms with Gasteiger partial charge in [0.15, 0.2) is 4.87 Å². The Balaban J connectivity index is 2.07. The van der Waals surface area contributed by atoms with E-state index in [1.165, 1.54) is 0 Å². The van der Waals surface area contributed by atoms with Gasteiger partial charge in [0.25, 0.3) is 0 Å². The lowest BCUT2D eigenvalue weighted by Crippen LogP contribution is -2.27. The highest BCUT2D eigenvalue weighted by Gasteiger charge is 2.62. The lowest BCUT2D eigenvalue weighted by Gasteiger charge is -2.17. The van der Waals surface area contributed by atoms with E-state index in [4.69, 9.17) is 4.74 Å². The van der Waals surface area contributed by atoms with Crippen molar-refractivity contribution >= 4 is 25.8 Å². The first-order chi connectivity index (χ1) is 10.4. The summed E-state index contributed by atoms with van der Waals surface area (Å²) in [5.41, 5.74) is 0.749. The Bertz CT molecular complexity index is 787. The van der Waals surface area contributed by atoms with Gasteiger partial charge in [-0.2, -0.15) is 0 Å². The van der Waals surface area contributed by atoms with Crippen LogP contribution in [0, 0.1) is 0 Å². The Labute approximate surface area is 138 Å². The fraction of sp³-hybridized carbons (Fsp3) is 0.250. The maximum atomic E-state index is 13.1. The van der Waals surface area contributed by atoms with E-state index < -0.39 is 14.7 Å². The summed E-state index contributed by atoms with van der Waals surface area (Å²) in [5.74, 6) is 0.633. The standard InChI is InChI=1S/C16H16BrNO3S/c1-11-16(18-11,12-3-5-13(17)6-4-12)22(19,20)15-9-7-14(21-2)8-10-15/h3-11,18H,1-2H3. The summed E-state index contributed by atoms with van der Waals surface area (Å²) in [4.78, 5) is -0.768. The van der Waals surface area contributed by atoms with E-state index in [9.17, 15) is 8.42 Å². The molecule has 0 saturated carbocycles. The van der Waals surface area contributed by atoms with Crippen LogP contribution in [0.5, 0.6) is 5.75 Å². The number of rotatable bonds is 4. The topological polar surface area (TPSA) is 65.3 Å². The van der Waals surface area contributed by atoms with Gasteiger partial charge in [0, 0.05) is 10.5 Å². The van der Waals surface area contributed by atoms with Crippen molar-refractivity contribution in [3.05, 3.63) is 58.6 Å². The van der Waals surface area contributed by atoms with E-state index in [0.717, 1.165) is 10.0 Å². The first-order valence-corrected chi connectivity index (χ1v) is 9.12. The van der Waals surface area contributed by atoms with Gasteiger partial charge in [0.05, 0.1) is 12.0 Å². The highest BCUT2D eigenvalue weighted by molar-refractivity contribution is 9.10. The van der Waals surface area contributed by atoms with Crippen LogP contribution in [0.25, 0.3) is 0 Å². The monoisotopic (exact) mass is 381 g/mol. The van der Waals surface area contributed by atoms with Crippen molar-refractivity contribution in [2.45, 2.75) is 22.7 Å². The fourth-order valence-electron chi connectivity index (χ4n) is 2.72. The molecule has 1 fully saturated rings. The number of hydrogen-bond donors (Lipinski definition) is 1. The molecule has 0 bridgehead atoms. The van der Waals surface area contributed by atoms with Crippen molar-refractivity contribution in [2.75, 3.05) is 7.11 Å². The minimum absolute atomic E-state index is 0.138. The number of nitrogens with one attached hydrogen (secondary N) is 1. The van der Waals surface area contributed by atoms with Crippen molar-refractivity contribution < 1.29 is 13.2 Å². The molecule has 3 rings (SSSR count). The smallest absolute Gasteiger partial charge is 0.203 e. The van der Waals surface area contributed by atoms with E-state index in [1.54, 1.807) is 31.4 Å².